The highest BCUT2D eigenvalue weighted by molar-refractivity contribution is 6.30. The quantitative estimate of drug-likeness (QED) is 0.216. The number of halogens is 1. The molecule has 4 N–H and O–H groups in total. The van der Waals surface area contributed by atoms with E-state index < -0.39 is 23.6 Å². The van der Waals surface area contributed by atoms with E-state index >= 15 is 0 Å². The second kappa shape index (κ2) is 14.3. The lowest BCUT2D eigenvalue weighted by Gasteiger charge is -2.34. The van der Waals surface area contributed by atoms with Crippen molar-refractivity contribution in [2.24, 2.45) is 0 Å². The van der Waals surface area contributed by atoms with Crippen LogP contribution in [0.15, 0.2) is 42.7 Å². The van der Waals surface area contributed by atoms with Crippen LogP contribution in [0.25, 0.3) is 0 Å². The molecule has 5 rings (SSSR count). The number of pyridine rings is 1. The summed E-state index contributed by atoms with van der Waals surface area (Å²) in [5.41, 5.74) is 3.20. The Bertz CT molecular complexity index is 1500. The van der Waals surface area contributed by atoms with Crippen molar-refractivity contribution in [1.82, 2.24) is 20.3 Å². The van der Waals surface area contributed by atoms with Gasteiger partial charge in [0.05, 0.1) is 0 Å². The molecule has 2 aromatic heterocycles. The van der Waals surface area contributed by atoms with Gasteiger partial charge in [-0.3, -0.25) is 0 Å². The molecule has 0 bridgehead atoms. The molecule has 1 fully saturated rings. The number of benzene rings is 1. The van der Waals surface area contributed by atoms with Gasteiger partial charge in [-0.15, -0.1) is 0 Å². The number of hydrogen-bond acceptors (Lipinski definition) is 9. The fourth-order valence-corrected chi connectivity index (χ4v) is 5.96. The number of rotatable bonds is 9. The molecule has 240 valence electrons. The molecule has 2 amide bonds. The molecular weight excluding hydrogens is 592 g/mol. The van der Waals surface area contributed by atoms with E-state index in [1.807, 2.05) is 0 Å². The third kappa shape index (κ3) is 8.54. The highest BCUT2D eigenvalue weighted by atomic mass is 35.5. The van der Waals surface area contributed by atoms with E-state index in [9.17, 15) is 9.59 Å². The molecule has 0 radical (unpaired) electrons. The maximum Gasteiger partial charge on any atom is 0.331 e. The first-order valence-electron chi connectivity index (χ1n) is 15.7. The highest BCUT2D eigenvalue weighted by Gasteiger charge is 2.29. The number of urea groups is 1. The molecule has 3 aromatic rings. The first kappa shape index (κ1) is 32.3. The second-order valence-electron chi connectivity index (χ2n) is 12.5. The topological polar surface area (TPSA) is 133 Å². The number of amides is 2. The minimum Gasteiger partial charge on any atom is -0.458 e. The molecule has 2 aliphatic rings. The lowest BCUT2D eigenvalue weighted by atomic mass is 9.92. The van der Waals surface area contributed by atoms with Gasteiger partial charge >= 0.3 is 12.0 Å². The number of nitrogens with one attached hydrogen (secondary N) is 4. The number of carbonyl (C=O) groups excluding carboxylic acids is 2. The summed E-state index contributed by atoms with van der Waals surface area (Å²) in [4.78, 5) is 42.4. The predicted molar refractivity (Wildman–Crippen MR) is 178 cm³/mol. The first-order chi connectivity index (χ1) is 21.6. The van der Waals surface area contributed by atoms with Gasteiger partial charge < -0.3 is 30.9 Å². The summed E-state index contributed by atoms with van der Waals surface area (Å²) in [5, 5.41) is 12.7. The Morgan fingerprint density at radius 3 is 2.69 bits per heavy atom. The van der Waals surface area contributed by atoms with E-state index in [1.165, 1.54) is 5.56 Å². The zero-order chi connectivity index (χ0) is 32.0. The van der Waals surface area contributed by atoms with Crippen LogP contribution < -0.4 is 26.2 Å². The van der Waals surface area contributed by atoms with Gasteiger partial charge in [-0.25, -0.2) is 24.5 Å². The van der Waals surface area contributed by atoms with Crippen molar-refractivity contribution < 1.29 is 14.3 Å². The lowest BCUT2D eigenvalue weighted by molar-refractivity contribution is -0.156. The molecule has 1 aromatic carbocycles. The number of fused-ring (bicyclic) bond motifs is 1. The van der Waals surface area contributed by atoms with Gasteiger partial charge in [-0.1, -0.05) is 30.7 Å². The van der Waals surface area contributed by atoms with Gasteiger partial charge in [-0.05, 0) is 82.7 Å². The zero-order valence-corrected chi connectivity index (χ0v) is 27.2. The van der Waals surface area contributed by atoms with Crippen LogP contribution in [-0.2, 0) is 22.4 Å². The Labute approximate surface area is 269 Å². The summed E-state index contributed by atoms with van der Waals surface area (Å²) in [6.07, 6.45) is 6.43. The third-order valence-corrected chi connectivity index (χ3v) is 8.19. The van der Waals surface area contributed by atoms with E-state index in [1.54, 1.807) is 51.4 Å². The standard InChI is InChI=1S/C33H43ClN8O3/c1-5-25-29(36-19-27(31(43)45-33(2,3)4)41-32(44)39-24-10-6-9-23(34)18-24)37-20-38-30(25)42-16-13-21(14-17-42)26-12-11-22-8-7-15-35-28(22)40-26/h6,9-12,18,20-21,27H,5,7-8,13-17,19H2,1-4H3,(H,35,40)(H,36,37,38)(H2,39,41,44). The van der Waals surface area contributed by atoms with Crippen LogP contribution in [0.2, 0.25) is 5.02 Å². The Balaban J connectivity index is 1.25. The largest absolute Gasteiger partial charge is 0.458 e. The van der Waals surface area contributed by atoms with Crippen molar-refractivity contribution in [3.63, 3.8) is 0 Å². The maximum atomic E-state index is 13.1. The van der Waals surface area contributed by atoms with Crippen molar-refractivity contribution in [2.45, 2.75) is 77.4 Å². The van der Waals surface area contributed by atoms with Crippen molar-refractivity contribution in [3.05, 3.63) is 64.6 Å². The van der Waals surface area contributed by atoms with Crippen LogP contribution in [0.4, 0.5) is 27.9 Å². The van der Waals surface area contributed by atoms with Crippen LogP contribution >= 0.6 is 11.6 Å². The van der Waals surface area contributed by atoms with Crippen LogP contribution in [-0.4, -0.2) is 64.8 Å². The molecule has 1 unspecified atom stereocenters. The fraction of sp³-hybridized carbons (Fsp3) is 0.485. The number of piperidine rings is 1. The molecule has 0 saturated carbocycles. The second-order valence-corrected chi connectivity index (χ2v) is 12.9. The average molecular weight is 635 g/mol. The zero-order valence-electron chi connectivity index (χ0n) is 26.5. The van der Waals surface area contributed by atoms with Gasteiger partial charge in [0.1, 0.15) is 35.4 Å². The molecule has 12 heteroatoms. The molecule has 0 aliphatic carbocycles. The maximum absolute atomic E-state index is 13.1. The molecule has 45 heavy (non-hydrogen) atoms. The highest BCUT2D eigenvalue weighted by Crippen LogP contribution is 2.33. The van der Waals surface area contributed by atoms with Crippen molar-refractivity contribution in [3.8, 4) is 0 Å². The molecule has 11 nitrogen and oxygen atoms in total. The number of ether oxygens (including phenoxy) is 1. The van der Waals surface area contributed by atoms with E-state index in [2.05, 4.69) is 55.2 Å². The van der Waals surface area contributed by atoms with Gasteiger partial charge in [0, 0.05) is 54.1 Å². The van der Waals surface area contributed by atoms with E-state index in [0.717, 1.165) is 68.2 Å². The van der Waals surface area contributed by atoms with Crippen molar-refractivity contribution in [1.29, 1.82) is 0 Å². The van der Waals surface area contributed by atoms with E-state index in [0.29, 0.717) is 28.9 Å². The number of nitrogens with zero attached hydrogens (tertiary/aromatic N) is 4. The van der Waals surface area contributed by atoms with Gasteiger partial charge in [0.25, 0.3) is 0 Å². The summed E-state index contributed by atoms with van der Waals surface area (Å²) >= 11 is 6.05. The van der Waals surface area contributed by atoms with Crippen LogP contribution in [0.1, 0.15) is 69.7 Å². The summed E-state index contributed by atoms with van der Waals surface area (Å²) in [5.74, 6) is 2.39. The molecular formula is C33H43ClN8O3. The van der Waals surface area contributed by atoms with Crippen molar-refractivity contribution in [2.75, 3.05) is 47.0 Å². The van der Waals surface area contributed by atoms with Gasteiger partial charge in [0.2, 0.25) is 0 Å². The normalized spacial score (nSPS) is 15.8. The number of anilines is 4. The number of esters is 1. The summed E-state index contributed by atoms with van der Waals surface area (Å²) in [6, 6.07) is 9.67. The van der Waals surface area contributed by atoms with Gasteiger partial charge in [-0.2, -0.15) is 0 Å². The molecule has 0 spiro atoms. The Morgan fingerprint density at radius 1 is 1.16 bits per heavy atom. The number of carbonyl (C=O) groups is 2. The fourth-order valence-electron chi connectivity index (χ4n) is 5.77. The van der Waals surface area contributed by atoms with Crippen LogP contribution in [0.3, 0.4) is 0 Å². The first-order valence-corrected chi connectivity index (χ1v) is 16.1. The molecule has 4 heterocycles. The van der Waals surface area contributed by atoms with E-state index in [4.69, 9.17) is 21.3 Å². The molecule has 2 aliphatic heterocycles. The Morgan fingerprint density at radius 2 is 1.96 bits per heavy atom. The SMILES string of the molecule is CCc1c(NCC(NC(=O)Nc2cccc(Cl)c2)C(=O)OC(C)(C)C)ncnc1N1CCC(c2ccc3c(n2)NCCC3)CC1. The van der Waals surface area contributed by atoms with E-state index in [-0.39, 0.29) is 6.54 Å². The Kier molecular flexibility index (Phi) is 10.3. The summed E-state index contributed by atoms with van der Waals surface area (Å²) < 4.78 is 5.62. The predicted octanol–water partition coefficient (Wildman–Crippen LogP) is 5.77. The number of aromatic nitrogens is 3. The average Bonchev–Trinajstić information content (AvgIpc) is 3.01. The summed E-state index contributed by atoms with van der Waals surface area (Å²) in [6.45, 7) is 10.2. The Hall–Kier alpha value is -4.12. The number of hydrogen-bond donors (Lipinski definition) is 4. The van der Waals surface area contributed by atoms with Crippen LogP contribution in [0.5, 0.6) is 0 Å². The van der Waals surface area contributed by atoms with Crippen LogP contribution in [0, 0.1) is 0 Å². The molecule has 1 atom stereocenters. The molecule has 1 saturated heterocycles. The van der Waals surface area contributed by atoms with Gasteiger partial charge in [0.15, 0.2) is 0 Å². The smallest absolute Gasteiger partial charge is 0.331 e. The van der Waals surface area contributed by atoms with Crippen molar-refractivity contribution >= 4 is 46.7 Å². The lowest BCUT2D eigenvalue weighted by Crippen LogP contribution is -2.49. The summed E-state index contributed by atoms with van der Waals surface area (Å²) in [7, 11) is 0. The minimum absolute atomic E-state index is 0.0709. The number of aryl methyl sites for hydroxylation is 1. The minimum atomic E-state index is -0.985. The monoisotopic (exact) mass is 634 g/mol. The third-order valence-electron chi connectivity index (χ3n) is 7.96.